The van der Waals surface area contributed by atoms with Crippen LogP contribution >= 0.6 is 0 Å². The molecule has 0 saturated carbocycles. The lowest BCUT2D eigenvalue weighted by Gasteiger charge is -2.22. The highest BCUT2D eigenvalue weighted by Crippen LogP contribution is 2.37. The highest BCUT2D eigenvalue weighted by Gasteiger charge is 2.36. The van der Waals surface area contributed by atoms with Crippen molar-refractivity contribution in [1.82, 2.24) is 9.97 Å². The molecule has 0 bridgehead atoms. The van der Waals surface area contributed by atoms with Crippen molar-refractivity contribution in [3.63, 3.8) is 0 Å². The number of hydrogen-bond acceptors (Lipinski definition) is 4. The number of halogens is 3. The third-order valence-corrected chi connectivity index (χ3v) is 3.37. The Bertz CT molecular complexity index is 657. The zero-order valence-electron chi connectivity index (χ0n) is 13.2. The smallest absolute Gasteiger partial charge is 0.421 e. The predicted molar refractivity (Wildman–Crippen MR) is 82.1 cm³/mol. The van der Waals surface area contributed by atoms with Gasteiger partial charge in [0.2, 0.25) is 0 Å². The zero-order chi connectivity index (χ0) is 17.0. The molecule has 0 fully saturated rings. The predicted octanol–water partition coefficient (Wildman–Crippen LogP) is 4.22. The standard InChI is InChI=1S/C16H18F3N3O/c1-4-11-6-8-12(9-7-11)22(3)14-13(16(17,18)19)10-20-15(21-14)23-5-2/h6-10H,4-5H2,1-3H3. The van der Waals surface area contributed by atoms with Crippen LogP contribution in [-0.2, 0) is 12.6 Å². The average Bonchev–Trinajstić information content (AvgIpc) is 2.53. The molecule has 0 N–H and O–H groups in total. The molecule has 1 aromatic carbocycles. The fourth-order valence-electron chi connectivity index (χ4n) is 2.09. The number of rotatable bonds is 5. The Morgan fingerprint density at radius 1 is 1.13 bits per heavy atom. The summed E-state index contributed by atoms with van der Waals surface area (Å²) in [5.74, 6) is -0.236. The SMILES string of the molecule is CCOc1ncc(C(F)(F)F)c(N(C)c2ccc(CC)cc2)n1. The molecule has 23 heavy (non-hydrogen) atoms. The van der Waals surface area contributed by atoms with Gasteiger partial charge in [-0.1, -0.05) is 19.1 Å². The second-order valence-corrected chi connectivity index (χ2v) is 4.90. The zero-order valence-corrected chi connectivity index (χ0v) is 13.2. The third kappa shape index (κ3) is 3.91. The van der Waals surface area contributed by atoms with Crippen LogP contribution in [0.1, 0.15) is 25.0 Å². The molecule has 0 amide bonds. The summed E-state index contributed by atoms with van der Waals surface area (Å²) < 4.78 is 44.8. The maximum atomic E-state index is 13.2. The van der Waals surface area contributed by atoms with Gasteiger partial charge in [-0.05, 0) is 31.0 Å². The number of benzene rings is 1. The number of hydrogen-bond donors (Lipinski definition) is 0. The monoisotopic (exact) mass is 325 g/mol. The largest absolute Gasteiger partial charge is 0.464 e. The molecule has 0 spiro atoms. The minimum atomic E-state index is -4.54. The molecular formula is C16H18F3N3O. The molecule has 0 atom stereocenters. The maximum Gasteiger partial charge on any atom is 0.421 e. The van der Waals surface area contributed by atoms with Crippen LogP contribution in [0.25, 0.3) is 0 Å². The van der Waals surface area contributed by atoms with Gasteiger partial charge in [-0.25, -0.2) is 4.98 Å². The molecule has 0 aliphatic rings. The number of nitrogens with zero attached hydrogens (tertiary/aromatic N) is 3. The maximum absolute atomic E-state index is 13.2. The lowest BCUT2D eigenvalue weighted by atomic mass is 10.1. The van der Waals surface area contributed by atoms with Gasteiger partial charge in [0.05, 0.1) is 6.61 Å². The number of alkyl halides is 3. The molecule has 124 valence electrons. The number of aromatic nitrogens is 2. The molecule has 0 unspecified atom stereocenters. The van der Waals surface area contributed by atoms with Gasteiger partial charge in [-0.15, -0.1) is 0 Å². The summed E-state index contributed by atoms with van der Waals surface area (Å²) in [6.45, 7) is 4.01. The van der Waals surface area contributed by atoms with E-state index in [2.05, 4.69) is 9.97 Å². The number of aryl methyl sites for hydroxylation is 1. The third-order valence-electron chi connectivity index (χ3n) is 3.37. The van der Waals surface area contributed by atoms with E-state index in [-0.39, 0.29) is 18.4 Å². The van der Waals surface area contributed by atoms with Crippen LogP contribution in [0, 0.1) is 0 Å². The van der Waals surface area contributed by atoms with Gasteiger partial charge in [0.15, 0.2) is 5.82 Å². The van der Waals surface area contributed by atoms with Crippen LogP contribution < -0.4 is 9.64 Å². The number of ether oxygens (including phenoxy) is 1. The summed E-state index contributed by atoms with van der Waals surface area (Å²) in [4.78, 5) is 8.92. The first-order valence-electron chi connectivity index (χ1n) is 7.26. The quantitative estimate of drug-likeness (QED) is 0.825. The van der Waals surface area contributed by atoms with Gasteiger partial charge in [-0.2, -0.15) is 18.2 Å². The van der Waals surface area contributed by atoms with Crippen molar-refractivity contribution in [3.8, 4) is 6.01 Å². The summed E-state index contributed by atoms with van der Waals surface area (Å²) in [5, 5.41) is 0. The van der Waals surface area contributed by atoms with E-state index in [9.17, 15) is 13.2 Å². The van der Waals surface area contributed by atoms with E-state index in [0.29, 0.717) is 5.69 Å². The van der Waals surface area contributed by atoms with Crippen LogP contribution in [0.5, 0.6) is 6.01 Å². The van der Waals surface area contributed by atoms with Gasteiger partial charge in [0.25, 0.3) is 0 Å². The average molecular weight is 325 g/mol. The Balaban J connectivity index is 2.46. The van der Waals surface area contributed by atoms with Crippen molar-refractivity contribution in [2.24, 2.45) is 0 Å². The molecule has 1 aromatic heterocycles. The van der Waals surface area contributed by atoms with Gasteiger partial charge >= 0.3 is 12.2 Å². The minimum Gasteiger partial charge on any atom is -0.464 e. The van der Waals surface area contributed by atoms with Crippen molar-refractivity contribution < 1.29 is 17.9 Å². The van der Waals surface area contributed by atoms with Crippen LogP contribution in [0.15, 0.2) is 30.5 Å². The van der Waals surface area contributed by atoms with Crippen molar-refractivity contribution >= 4 is 11.5 Å². The summed E-state index contributed by atoms with van der Waals surface area (Å²) in [6, 6.07) is 7.21. The van der Waals surface area contributed by atoms with Crippen molar-refractivity contribution in [2.75, 3.05) is 18.6 Å². The topological polar surface area (TPSA) is 38.2 Å². The van der Waals surface area contributed by atoms with E-state index in [1.807, 2.05) is 19.1 Å². The molecule has 0 aliphatic carbocycles. The Morgan fingerprint density at radius 3 is 2.30 bits per heavy atom. The van der Waals surface area contributed by atoms with E-state index in [4.69, 9.17) is 4.74 Å². The lowest BCUT2D eigenvalue weighted by molar-refractivity contribution is -0.137. The number of anilines is 2. The highest BCUT2D eigenvalue weighted by atomic mass is 19.4. The van der Waals surface area contributed by atoms with E-state index in [0.717, 1.165) is 18.2 Å². The Kier molecular flexibility index (Phi) is 5.08. The van der Waals surface area contributed by atoms with Gasteiger partial charge < -0.3 is 9.64 Å². The second-order valence-electron chi connectivity index (χ2n) is 4.90. The summed E-state index contributed by atoms with van der Waals surface area (Å²) in [5.41, 5.74) is 0.813. The van der Waals surface area contributed by atoms with E-state index in [1.54, 1.807) is 19.1 Å². The first-order chi connectivity index (χ1) is 10.9. The summed E-state index contributed by atoms with van der Waals surface area (Å²) in [7, 11) is 1.54. The molecular weight excluding hydrogens is 307 g/mol. The minimum absolute atomic E-state index is 0.0764. The highest BCUT2D eigenvalue weighted by molar-refractivity contribution is 5.63. The Hall–Kier alpha value is -2.31. The normalized spacial score (nSPS) is 11.4. The molecule has 4 nitrogen and oxygen atoms in total. The second kappa shape index (κ2) is 6.85. The van der Waals surface area contributed by atoms with Crippen LogP contribution in [0.2, 0.25) is 0 Å². The fraction of sp³-hybridized carbons (Fsp3) is 0.375. The van der Waals surface area contributed by atoms with E-state index in [1.165, 1.54) is 11.9 Å². The molecule has 7 heteroatoms. The van der Waals surface area contributed by atoms with Crippen molar-refractivity contribution in [2.45, 2.75) is 26.4 Å². The Labute approximate surface area is 132 Å². The van der Waals surface area contributed by atoms with Gasteiger partial charge in [0.1, 0.15) is 5.56 Å². The van der Waals surface area contributed by atoms with E-state index < -0.39 is 11.7 Å². The van der Waals surface area contributed by atoms with Crippen LogP contribution in [0.3, 0.4) is 0 Å². The van der Waals surface area contributed by atoms with Crippen molar-refractivity contribution in [3.05, 3.63) is 41.6 Å². The fourth-order valence-corrected chi connectivity index (χ4v) is 2.09. The van der Waals surface area contributed by atoms with Crippen LogP contribution in [-0.4, -0.2) is 23.6 Å². The first-order valence-corrected chi connectivity index (χ1v) is 7.26. The molecule has 2 aromatic rings. The summed E-state index contributed by atoms with van der Waals surface area (Å²) in [6.07, 6.45) is -2.93. The molecule has 0 saturated heterocycles. The van der Waals surface area contributed by atoms with Crippen LogP contribution in [0.4, 0.5) is 24.7 Å². The molecule has 0 aliphatic heterocycles. The first kappa shape index (κ1) is 17.1. The molecule has 1 heterocycles. The summed E-state index contributed by atoms with van der Waals surface area (Å²) >= 11 is 0. The molecule has 2 rings (SSSR count). The van der Waals surface area contributed by atoms with E-state index >= 15 is 0 Å². The van der Waals surface area contributed by atoms with Gasteiger partial charge in [-0.3, -0.25) is 0 Å². The molecule has 0 radical (unpaired) electrons. The lowest BCUT2D eigenvalue weighted by Crippen LogP contribution is -2.19. The van der Waals surface area contributed by atoms with Crippen molar-refractivity contribution in [1.29, 1.82) is 0 Å². The van der Waals surface area contributed by atoms with Gasteiger partial charge in [0, 0.05) is 18.9 Å². The Morgan fingerprint density at radius 2 is 1.78 bits per heavy atom.